The molecule has 0 aromatic heterocycles. The maximum atomic E-state index is 3.86. The van der Waals surface area contributed by atoms with Crippen LogP contribution in [0.4, 0.5) is 0 Å². The first-order chi connectivity index (χ1) is 7.74. The Morgan fingerprint density at radius 2 is 1.81 bits per heavy atom. The van der Waals surface area contributed by atoms with E-state index in [1.807, 2.05) is 0 Å². The van der Waals surface area contributed by atoms with Crippen LogP contribution in [0.25, 0.3) is 0 Å². The highest BCUT2D eigenvalue weighted by atomic mass is 15.0. The fourth-order valence-corrected chi connectivity index (χ4v) is 2.72. The molecule has 1 fully saturated rings. The minimum Gasteiger partial charge on any atom is -0.305 e. The topological polar surface area (TPSA) is 12.0 Å². The van der Waals surface area contributed by atoms with E-state index >= 15 is 0 Å². The maximum absolute atomic E-state index is 3.86. The zero-order valence-electron chi connectivity index (χ0n) is 10.5. The molecule has 0 radical (unpaired) electrons. The van der Waals surface area contributed by atoms with Gasteiger partial charge in [0, 0.05) is 11.6 Å². The number of benzene rings is 1. The molecule has 88 valence electrons. The van der Waals surface area contributed by atoms with Crippen LogP contribution in [0.3, 0.4) is 0 Å². The summed E-state index contributed by atoms with van der Waals surface area (Å²) in [5.74, 6) is 0. The molecule has 0 amide bonds. The van der Waals surface area contributed by atoms with Crippen molar-refractivity contribution in [3.05, 3.63) is 35.9 Å². The van der Waals surface area contributed by atoms with E-state index in [9.17, 15) is 0 Å². The molecule has 1 aromatic carbocycles. The van der Waals surface area contributed by atoms with Crippen molar-refractivity contribution in [2.45, 2.75) is 57.5 Å². The number of rotatable bonds is 4. The fraction of sp³-hybridized carbons (Fsp3) is 0.600. The Kier molecular flexibility index (Phi) is 3.65. The monoisotopic (exact) mass is 217 g/mol. The van der Waals surface area contributed by atoms with Gasteiger partial charge in [-0.15, -0.1) is 0 Å². The third kappa shape index (κ3) is 2.46. The van der Waals surface area contributed by atoms with Crippen molar-refractivity contribution >= 4 is 0 Å². The molecule has 1 unspecified atom stereocenters. The summed E-state index contributed by atoms with van der Waals surface area (Å²) in [5, 5.41) is 3.86. The van der Waals surface area contributed by atoms with Crippen molar-refractivity contribution in [3.63, 3.8) is 0 Å². The fourth-order valence-electron chi connectivity index (χ4n) is 2.72. The largest absolute Gasteiger partial charge is 0.305 e. The zero-order valence-corrected chi connectivity index (χ0v) is 10.5. The van der Waals surface area contributed by atoms with Crippen molar-refractivity contribution in [3.8, 4) is 0 Å². The van der Waals surface area contributed by atoms with E-state index in [0.29, 0.717) is 0 Å². The lowest BCUT2D eigenvalue weighted by Crippen LogP contribution is -2.44. The molecular formula is C15H23N. The summed E-state index contributed by atoms with van der Waals surface area (Å²) in [6.07, 6.45) is 6.64. The van der Waals surface area contributed by atoms with Crippen molar-refractivity contribution in [1.29, 1.82) is 0 Å². The van der Waals surface area contributed by atoms with Gasteiger partial charge in [-0.3, -0.25) is 0 Å². The summed E-state index contributed by atoms with van der Waals surface area (Å²) in [6, 6.07) is 11.6. The second-order valence-corrected chi connectivity index (χ2v) is 5.18. The van der Waals surface area contributed by atoms with Crippen LogP contribution in [-0.2, 0) is 5.54 Å². The van der Waals surface area contributed by atoms with Gasteiger partial charge in [-0.05, 0) is 31.7 Å². The van der Waals surface area contributed by atoms with Gasteiger partial charge < -0.3 is 5.32 Å². The summed E-state index contributed by atoms with van der Waals surface area (Å²) >= 11 is 0. The molecule has 1 saturated carbocycles. The minimum absolute atomic E-state index is 0.149. The Balaban J connectivity index is 2.12. The Labute approximate surface area is 99.3 Å². The molecule has 1 N–H and O–H groups in total. The quantitative estimate of drug-likeness (QED) is 0.808. The molecule has 0 aliphatic heterocycles. The van der Waals surface area contributed by atoms with Crippen LogP contribution in [0, 0.1) is 0 Å². The molecule has 1 atom stereocenters. The Morgan fingerprint density at radius 3 is 2.38 bits per heavy atom. The molecule has 1 aliphatic rings. The van der Waals surface area contributed by atoms with Crippen LogP contribution in [0.5, 0.6) is 0 Å². The van der Waals surface area contributed by atoms with E-state index in [4.69, 9.17) is 0 Å². The first-order valence-corrected chi connectivity index (χ1v) is 6.58. The molecule has 16 heavy (non-hydrogen) atoms. The zero-order chi connectivity index (χ0) is 11.4. The second kappa shape index (κ2) is 5.01. The van der Waals surface area contributed by atoms with Crippen LogP contribution < -0.4 is 5.32 Å². The van der Waals surface area contributed by atoms with Gasteiger partial charge >= 0.3 is 0 Å². The predicted molar refractivity (Wildman–Crippen MR) is 69.5 cm³/mol. The van der Waals surface area contributed by atoms with Crippen molar-refractivity contribution in [2.24, 2.45) is 0 Å². The molecule has 0 bridgehead atoms. The molecule has 0 saturated heterocycles. The number of hydrogen-bond acceptors (Lipinski definition) is 1. The summed E-state index contributed by atoms with van der Waals surface area (Å²) in [5.41, 5.74) is 1.57. The number of hydrogen-bond donors (Lipinski definition) is 1. The highest BCUT2D eigenvalue weighted by Crippen LogP contribution is 2.28. The van der Waals surface area contributed by atoms with Crippen LogP contribution >= 0.6 is 0 Å². The van der Waals surface area contributed by atoms with E-state index in [2.05, 4.69) is 49.5 Å². The van der Waals surface area contributed by atoms with Gasteiger partial charge in [-0.2, -0.15) is 0 Å². The molecular weight excluding hydrogens is 194 g/mol. The van der Waals surface area contributed by atoms with Crippen LogP contribution in [-0.4, -0.2) is 6.04 Å². The molecule has 1 aliphatic carbocycles. The third-order valence-corrected chi connectivity index (χ3v) is 4.00. The lowest BCUT2D eigenvalue weighted by molar-refractivity contribution is 0.305. The lowest BCUT2D eigenvalue weighted by Gasteiger charge is -2.33. The molecule has 1 nitrogen and oxygen atoms in total. The van der Waals surface area contributed by atoms with Crippen LogP contribution in [0.1, 0.15) is 51.5 Å². The first-order valence-electron chi connectivity index (χ1n) is 6.58. The van der Waals surface area contributed by atoms with Gasteiger partial charge in [0.25, 0.3) is 0 Å². The Morgan fingerprint density at radius 1 is 1.19 bits per heavy atom. The standard InChI is InChI=1S/C15H23N/c1-3-15(2,13-9-5-4-6-10-13)16-14-11-7-8-12-14/h4-6,9-10,14,16H,3,7-8,11-12H2,1-2H3. The lowest BCUT2D eigenvalue weighted by atomic mass is 9.88. The highest BCUT2D eigenvalue weighted by molar-refractivity contribution is 5.23. The summed E-state index contributed by atoms with van der Waals surface area (Å²) in [7, 11) is 0. The van der Waals surface area contributed by atoms with E-state index in [-0.39, 0.29) is 5.54 Å². The van der Waals surface area contributed by atoms with Gasteiger partial charge in [0.1, 0.15) is 0 Å². The van der Waals surface area contributed by atoms with Gasteiger partial charge in [0.15, 0.2) is 0 Å². The molecule has 1 heteroatoms. The minimum atomic E-state index is 0.149. The van der Waals surface area contributed by atoms with E-state index < -0.39 is 0 Å². The normalized spacial score (nSPS) is 20.9. The van der Waals surface area contributed by atoms with E-state index in [1.165, 1.54) is 31.2 Å². The van der Waals surface area contributed by atoms with Gasteiger partial charge in [-0.25, -0.2) is 0 Å². The highest BCUT2D eigenvalue weighted by Gasteiger charge is 2.28. The molecule has 1 aromatic rings. The smallest absolute Gasteiger partial charge is 0.0405 e. The average Bonchev–Trinajstić information content (AvgIpc) is 2.83. The van der Waals surface area contributed by atoms with E-state index in [0.717, 1.165) is 12.5 Å². The summed E-state index contributed by atoms with van der Waals surface area (Å²) in [6.45, 7) is 4.61. The first kappa shape index (κ1) is 11.7. The SMILES string of the molecule is CCC(C)(NC1CCCC1)c1ccccc1. The molecule has 0 spiro atoms. The van der Waals surface area contributed by atoms with Crippen molar-refractivity contribution in [2.75, 3.05) is 0 Å². The third-order valence-electron chi connectivity index (χ3n) is 4.00. The van der Waals surface area contributed by atoms with Crippen LogP contribution in [0.2, 0.25) is 0 Å². The maximum Gasteiger partial charge on any atom is 0.0405 e. The van der Waals surface area contributed by atoms with E-state index in [1.54, 1.807) is 0 Å². The Bertz CT molecular complexity index is 313. The van der Waals surface area contributed by atoms with Gasteiger partial charge in [-0.1, -0.05) is 50.1 Å². The second-order valence-electron chi connectivity index (χ2n) is 5.18. The Hall–Kier alpha value is -0.820. The average molecular weight is 217 g/mol. The van der Waals surface area contributed by atoms with Crippen molar-refractivity contribution < 1.29 is 0 Å². The molecule has 0 heterocycles. The van der Waals surface area contributed by atoms with Crippen LogP contribution in [0.15, 0.2) is 30.3 Å². The summed E-state index contributed by atoms with van der Waals surface area (Å²) in [4.78, 5) is 0. The predicted octanol–water partition coefficient (Wildman–Crippen LogP) is 3.84. The molecule has 2 rings (SSSR count). The van der Waals surface area contributed by atoms with Gasteiger partial charge in [0.05, 0.1) is 0 Å². The summed E-state index contributed by atoms with van der Waals surface area (Å²) < 4.78 is 0. The van der Waals surface area contributed by atoms with Gasteiger partial charge in [0.2, 0.25) is 0 Å². The number of nitrogens with one attached hydrogen (secondary N) is 1. The van der Waals surface area contributed by atoms with Crippen molar-refractivity contribution in [1.82, 2.24) is 5.32 Å².